The van der Waals surface area contributed by atoms with E-state index in [2.05, 4.69) is 4.98 Å². The Balaban J connectivity index is 2.25. The average molecular weight is 335 g/mol. The van der Waals surface area contributed by atoms with Gasteiger partial charge in [0.25, 0.3) is 5.91 Å². The molecule has 0 bridgehead atoms. The molecule has 20 heavy (non-hydrogen) atoms. The van der Waals surface area contributed by atoms with Crippen molar-refractivity contribution in [1.82, 2.24) is 9.88 Å². The van der Waals surface area contributed by atoms with Gasteiger partial charge in [0.05, 0.1) is 6.04 Å². The number of sulfone groups is 1. The first-order valence-electron chi connectivity index (χ1n) is 6.09. The van der Waals surface area contributed by atoms with E-state index in [0.717, 1.165) is 12.0 Å². The number of thioether (sulfide) groups is 1. The maximum atomic E-state index is 12.4. The summed E-state index contributed by atoms with van der Waals surface area (Å²) in [5.41, 5.74) is 6.01. The molecule has 0 spiro atoms. The van der Waals surface area contributed by atoms with Crippen LogP contribution in [0.15, 0.2) is 5.38 Å². The van der Waals surface area contributed by atoms with Crippen LogP contribution in [-0.2, 0) is 9.84 Å². The fourth-order valence-corrected chi connectivity index (χ4v) is 5.48. The molecular weight excluding hydrogens is 318 g/mol. The summed E-state index contributed by atoms with van der Waals surface area (Å²) < 4.78 is 23.6. The molecule has 1 aliphatic heterocycles. The molecule has 2 N–H and O–H groups in total. The van der Waals surface area contributed by atoms with E-state index in [9.17, 15) is 13.2 Å². The van der Waals surface area contributed by atoms with Crippen LogP contribution in [-0.4, -0.2) is 53.9 Å². The van der Waals surface area contributed by atoms with E-state index in [1.165, 1.54) is 16.2 Å². The lowest BCUT2D eigenvalue weighted by molar-refractivity contribution is 0.0744. The summed E-state index contributed by atoms with van der Waals surface area (Å²) in [5, 5.41) is 1.55. The van der Waals surface area contributed by atoms with Gasteiger partial charge in [-0.3, -0.25) is 4.79 Å². The molecule has 6 nitrogen and oxygen atoms in total. The highest BCUT2D eigenvalue weighted by molar-refractivity contribution is 8.00. The Kier molecular flexibility index (Phi) is 4.73. The fraction of sp³-hybridized carbons (Fsp3) is 0.636. The quantitative estimate of drug-likeness (QED) is 0.875. The van der Waals surface area contributed by atoms with Crippen LogP contribution < -0.4 is 5.73 Å². The number of amides is 1. The Morgan fingerprint density at radius 3 is 2.85 bits per heavy atom. The standard InChI is InChI=1S/C11H17N3O3S3/c1-7(12)10-13-8(5-19-10)11(15)14-3-4-18-6-9(14)20(2,16)17/h5,7,9H,3-4,6,12H2,1-2H3. The highest BCUT2D eigenvalue weighted by atomic mass is 32.2. The third kappa shape index (κ3) is 3.33. The van der Waals surface area contributed by atoms with Gasteiger partial charge in [0.15, 0.2) is 9.84 Å². The van der Waals surface area contributed by atoms with Crippen molar-refractivity contribution in [1.29, 1.82) is 0 Å². The van der Waals surface area contributed by atoms with Crippen LogP contribution in [0.25, 0.3) is 0 Å². The number of aromatic nitrogens is 1. The van der Waals surface area contributed by atoms with Crippen molar-refractivity contribution in [3.05, 3.63) is 16.1 Å². The lowest BCUT2D eigenvalue weighted by atomic mass is 10.3. The molecule has 0 radical (unpaired) electrons. The van der Waals surface area contributed by atoms with E-state index >= 15 is 0 Å². The van der Waals surface area contributed by atoms with Crippen LogP contribution in [0.3, 0.4) is 0 Å². The van der Waals surface area contributed by atoms with E-state index in [-0.39, 0.29) is 17.6 Å². The second kappa shape index (κ2) is 6.00. The molecule has 112 valence electrons. The monoisotopic (exact) mass is 335 g/mol. The summed E-state index contributed by atoms with van der Waals surface area (Å²) in [6, 6.07) is -0.232. The predicted octanol–water partition coefficient (Wildman–Crippen LogP) is 0.723. The van der Waals surface area contributed by atoms with E-state index in [1.807, 2.05) is 0 Å². The second-order valence-electron chi connectivity index (χ2n) is 4.72. The maximum absolute atomic E-state index is 12.4. The number of nitrogens with two attached hydrogens (primary N) is 1. The van der Waals surface area contributed by atoms with Gasteiger partial charge >= 0.3 is 0 Å². The van der Waals surface area contributed by atoms with Crippen molar-refractivity contribution in [2.24, 2.45) is 5.73 Å². The van der Waals surface area contributed by atoms with Crippen molar-refractivity contribution in [2.45, 2.75) is 18.3 Å². The van der Waals surface area contributed by atoms with Gasteiger partial charge in [-0.1, -0.05) is 0 Å². The number of hydrogen-bond donors (Lipinski definition) is 1. The zero-order valence-electron chi connectivity index (χ0n) is 11.3. The van der Waals surface area contributed by atoms with Crippen molar-refractivity contribution < 1.29 is 13.2 Å². The summed E-state index contributed by atoms with van der Waals surface area (Å²) >= 11 is 2.87. The Hall–Kier alpha value is -0.640. The molecule has 2 unspecified atom stereocenters. The van der Waals surface area contributed by atoms with Gasteiger partial charge < -0.3 is 10.6 Å². The van der Waals surface area contributed by atoms with Crippen molar-refractivity contribution in [3.63, 3.8) is 0 Å². The van der Waals surface area contributed by atoms with Gasteiger partial charge in [0.2, 0.25) is 0 Å². The molecule has 1 saturated heterocycles. The molecule has 2 heterocycles. The van der Waals surface area contributed by atoms with Crippen molar-refractivity contribution in [2.75, 3.05) is 24.3 Å². The largest absolute Gasteiger partial charge is 0.322 e. The van der Waals surface area contributed by atoms with Crippen LogP contribution in [0.4, 0.5) is 0 Å². The lowest BCUT2D eigenvalue weighted by Gasteiger charge is -2.33. The molecule has 9 heteroatoms. The minimum atomic E-state index is -3.30. The average Bonchev–Trinajstić information content (AvgIpc) is 2.86. The molecule has 1 aromatic heterocycles. The van der Waals surface area contributed by atoms with Gasteiger partial charge in [-0.05, 0) is 6.92 Å². The van der Waals surface area contributed by atoms with Gasteiger partial charge in [-0.25, -0.2) is 13.4 Å². The van der Waals surface area contributed by atoms with E-state index < -0.39 is 15.2 Å². The zero-order valence-corrected chi connectivity index (χ0v) is 13.7. The number of hydrogen-bond acceptors (Lipinski definition) is 7. The third-order valence-electron chi connectivity index (χ3n) is 2.97. The summed E-state index contributed by atoms with van der Waals surface area (Å²) in [5.74, 6) is 0.820. The molecule has 1 fully saturated rings. The van der Waals surface area contributed by atoms with E-state index in [0.29, 0.717) is 17.3 Å². The Morgan fingerprint density at radius 1 is 1.60 bits per heavy atom. The van der Waals surface area contributed by atoms with Crippen LogP contribution in [0.2, 0.25) is 0 Å². The van der Waals surface area contributed by atoms with Gasteiger partial charge in [-0.2, -0.15) is 11.8 Å². The number of thiazole rings is 1. The summed E-state index contributed by atoms with van der Waals surface area (Å²) in [4.78, 5) is 18.1. The first-order valence-corrected chi connectivity index (χ1v) is 10.1. The molecule has 2 rings (SSSR count). The molecule has 0 aliphatic carbocycles. The third-order valence-corrected chi connectivity index (χ3v) is 6.66. The van der Waals surface area contributed by atoms with Crippen molar-refractivity contribution >= 4 is 38.8 Å². The highest BCUT2D eigenvalue weighted by Crippen LogP contribution is 2.24. The molecule has 1 aromatic rings. The number of nitrogens with zero attached hydrogens (tertiary/aromatic N) is 2. The van der Waals surface area contributed by atoms with Crippen LogP contribution >= 0.6 is 23.1 Å². The predicted molar refractivity (Wildman–Crippen MR) is 81.7 cm³/mol. The summed E-state index contributed by atoms with van der Waals surface area (Å²) in [7, 11) is -3.30. The summed E-state index contributed by atoms with van der Waals surface area (Å²) in [6.45, 7) is 2.22. The summed E-state index contributed by atoms with van der Waals surface area (Å²) in [6.07, 6.45) is 1.16. The smallest absolute Gasteiger partial charge is 0.274 e. The normalized spacial score (nSPS) is 21.8. The molecular formula is C11H17N3O3S3. The number of rotatable bonds is 3. The molecule has 0 aromatic carbocycles. The van der Waals surface area contributed by atoms with Gasteiger partial charge in [0, 0.05) is 29.7 Å². The fourth-order valence-electron chi connectivity index (χ4n) is 1.91. The highest BCUT2D eigenvalue weighted by Gasteiger charge is 2.35. The molecule has 0 saturated carbocycles. The van der Waals surface area contributed by atoms with Crippen LogP contribution in [0.1, 0.15) is 28.5 Å². The minimum absolute atomic E-state index is 0.232. The lowest BCUT2D eigenvalue weighted by Crippen LogP contribution is -2.50. The number of carbonyl (C=O) groups excluding carboxylic acids is 1. The Morgan fingerprint density at radius 2 is 2.30 bits per heavy atom. The number of carbonyl (C=O) groups is 1. The minimum Gasteiger partial charge on any atom is -0.322 e. The molecule has 1 amide bonds. The molecule has 1 aliphatic rings. The van der Waals surface area contributed by atoms with E-state index in [1.54, 1.807) is 24.1 Å². The zero-order chi connectivity index (χ0) is 14.9. The first-order chi connectivity index (χ1) is 9.30. The van der Waals surface area contributed by atoms with Gasteiger partial charge in [0.1, 0.15) is 16.1 Å². The van der Waals surface area contributed by atoms with Crippen LogP contribution in [0, 0.1) is 0 Å². The topological polar surface area (TPSA) is 93.4 Å². The van der Waals surface area contributed by atoms with E-state index in [4.69, 9.17) is 5.73 Å². The maximum Gasteiger partial charge on any atom is 0.274 e. The van der Waals surface area contributed by atoms with Gasteiger partial charge in [-0.15, -0.1) is 11.3 Å². The SMILES string of the molecule is CC(N)c1nc(C(=O)N2CCSCC2S(C)(=O)=O)cs1. The first kappa shape index (κ1) is 15.7. The van der Waals surface area contributed by atoms with Crippen LogP contribution in [0.5, 0.6) is 0 Å². The second-order valence-corrected chi connectivity index (χ2v) is 8.96. The van der Waals surface area contributed by atoms with Crippen molar-refractivity contribution in [3.8, 4) is 0 Å². The Labute approximate surface area is 126 Å². The molecule has 2 atom stereocenters. The Bertz CT molecular complexity index is 597.